The topological polar surface area (TPSA) is 111 Å². The molecular weight excluding hydrogens is 527 g/mol. The largest absolute Gasteiger partial charge is 0.489 e. The molecule has 1 heterocycles. The summed E-state index contributed by atoms with van der Waals surface area (Å²) in [6, 6.07) is 18.6. The minimum Gasteiger partial charge on any atom is -0.489 e. The van der Waals surface area contributed by atoms with Crippen LogP contribution in [0.4, 0.5) is 13.2 Å². The van der Waals surface area contributed by atoms with E-state index in [1.165, 1.54) is 0 Å². The van der Waals surface area contributed by atoms with Crippen LogP contribution >= 0.6 is 0 Å². The second-order valence-corrected chi connectivity index (χ2v) is 9.78. The van der Waals surface area contributed by atoms with Gasteiger partial charge in [0.1, 0.15) is 17.9 Å². The van der Waals surface area contributed by atoms with Gasteiger partial charge in [-0.25, -0.2) is 4.68 Å². The van der Waals surface area contributed by atoms with Crippen LogP contribution in [0.5, 0.6) is 5.75 Å². The van der Waals surface area contributed by atoms with Crippen LogP contribution in [0, 0.1) is 17.8 Å². The Bertz CT molecular complexity index is 1600. The van der Waals surface area contributed by atoms with Crippen molar-refractivity contribution < 1.29 is 32.6 Å². The summed E-state index contributed by atoms with van der Waals surface area (Å²) in [7, 11) is 0. The maximum atomic E-state index is 13.3. The third kappa shape index (κ3) is 5.58. The number of aromatic nitrogens is 3. The number of carboxylic acid groups (broad SMARTS) is 1. The molecule has 0 bridgehead atoms. The zero-order valence-corrected chi connectivity index (χ0v) is 21.0. The van der Waals surface area contributed by atoms with Gasteiger partial charge >= 0.3 is 12.1 Å². The van der Waals surface area contributed by atoms with E-state index in [0.29, 0.717) is 30.4 Å². The van der Waals surface area contributed by atoms with Gasteiger partial charge in [0.05, 0.1) is 23.4 Å². The number of hydrogen-bond donors (Lipinski definition) is 1. The first-order chi connectivity index (χ1) is 19.1. The van der Waals surface area contributed by atoms with E-state index in [0.717, 1.165) is 22.4 Å². The summed E-state index contributed by atoms with van der Waals surface area (Å²) < 4.78 is 46.1. The van der Waals surface area contributed by atoms with Crippen LogP contribution in [0.3, 0.4) is 0 Å². The predicted octanol–water partition coefficient (Wildman–Crippen LogP) is 5.00. The molecule has 0 spiro atoms. The molecule has 1 aliphatic rings. The number of aliphatic carboxylic acids is 1. The van der Waals surface area contributed by atoms with Crippen LogP contribution in [-0.4, -0.2) is 31.9 Å². The number of carbonyl (C=O) groups is 2. The lowest BCUT2D eigenvalue weighted by molar-refractivity contribution is -0.144. The Labute approximate surface area is 226 Å². The lowest BCUT2D eigenvalue weighted by Gasteiger charge is -2.20. The van der Waals surface area contributed by atoms with Crippen molar-refractivity contribution in [1.82, 2.24) is 15.0 Å². The molecule has 40 heavy (non-hydrogen) atoms. The monoisotopic (exact) mass is 551 g/mol. The van der Waals surface area contributed by atoms with Gasteiger partial charge in [-0.3, -0.25) is 14.4 Å². The SMILES string of the molecule is O=C(c1ccc(OCc2ccccc2)cc1)C1CCC(Cn2nnc3ccc(C(F)(F)F)cc3c2=O)C1C(=O)O. The number of nitrogens with zero attached hydrogens (tertiary/aromatic N) is 3. The van der Waals surface area contributed by atoms with Gasteiger partial charge in [-0.1, -0.05) is 35.5 Å². The Kier molecular flexibility index (Phi) is 7.38. The normalized spacial score (nSPS) is 19.0. The van der Waals surface area contributed by atoms with E-state index in [4.69, 9.17) is 4.74 Å². The number of halogens is 3. The first-order valence-electron chi connectivity index (χ1n) is 12.6. The molecule has 0 radical (unpaired) electrons. The number of Topliss-reactive ketones (excluding diaryl/α,β-unsaturated/α-hetero) is 1. The molecule has 0 amide bonds. The second kappa shape index (κ2) is 10.9. The molecule has 206 valence electrons. The molecule has 1 aliphatic carbocycles. The van der Waals surface area contributed by atoms with Crippen molar-refractivity contribution in [3.63, 3.8) is 0 Å². The number of rotatable bonds is 8. The molecule has 3 unspecified atom stereocenters. The highest BCUT2D eigenvalue weighted by Crippen LogP contribution is 2.40. The lowest BCUT2D eigenvalue weighted by atomic mass is 9.84. The van der Waals surface area contributed by atoms with Crippen molar-refractivity contribution in [3.05, 3.63) is 99.8 Å². The fourth-order valence-electron chi connectivity index (χ4n) is 5.22. The van der Waals surface area contributed by atoms with Crippen LogP contribution < -0.4 is 10.3 Å². The fourth-order valence-corrected chi connectivity index (χ4v) is 5.22. The maximum absolute atomic E-state index is 13.3. The summed E-state index contributed by atoms with van der Waals surface area (Å²) in [4.78, 5) is 38.5. The summed E-state index contributed by atoms with van der Waals surface area (Å²) in [5, 5.41) is 17.4. The number of alkyl halides is 3. The van der Waals surface area contributed by atoms with E-state index < -0.39 is 41.0 Å². The molecule has 5 rings (SSSR count). The molecule has 0 aliphatic heterocycles. The predicted molar refractivity (Wildman–Crippen MR) is 138 cm³/mol. The highest BCUT2D eigenvalue weighted by molar-refractivity contribution is 6.00. The third-order valence-corrected chi connectivity index (χ3v) is 7.26. The molecule has 0 saturated heterocycles. The van der Waals surface area contributed by atoms with Gasteiger partial charge in [0.25, 0.3) is 5.56 Å². The number of hydrogen-bond acceptors (Lipinski definition) is 6. The number of carbonyl (C=O) groups excluding carboxylic acids is 1. The molecule has 1 saturated carbocycles. The Morgan fingerprint density at radius 1 is 1.00 bits per heavy atom. The summed E-state index contributed by atoms with van der Waals surface area (Å²) in [6.45, 7) is 0.166. The van der Waals surface area contributed by atoms with Crippen LogP contribution in [0.2, 0.25) is 0 Å². The summed E-state index contributed by atoms with van der Waals surface area (Å²) >= 11 is 0. The van der Waals surface area contributed by atoms with Crippen LogP contribution in [0.25, 0.3) is 10.9 Å². The lowest BCUT2D eigenvalue weighted by Crippen LogP contribution is -2.34. The Morgan fingerprint density at radius 3 is 2.40 bits per heavy atom. The number of fused-ring (bicyclic) bond motifs is 1. The van der Waals surface area contributed by atoms with Gasteiger partial charge in [0.2, 0.25) is 0 Å². The van der Waals surface area contributed by atoms with E-state index in [9.17, 15) is 32.7 Å². The third-order valence-electron chi connectivity index (χ3n) is 7.26. The molecule has 3 atom stereocenters. The van der Waals surface area contributed by atoms with Crippen molar-refractivity contribution >= 4 is 22.7 Å². The molecule has 1 aromatic heterocycles. The number of ketones is 1. The van der Waals surface area contributed by atoms with Crippen molar-refractivity contribution in [3.8, 4) is 5.75 Å². The molecule has 11 heteroatoms. The smallest absolute Gasteiger partial charge is 0.416 e. The van der Waals surface area contributed by atoms with E-state index in [1.54, 1.807) is 24.3 Å². The van der Waals surface area contributed by atoms with Crippen LogP contribution in [0.1, 0.15) is 34.3 Å². The number of carboxylic acids is 1. The van der Waals surface area contributed by atoms with Gasteiger partial charge < -0.3 is 9.84 Å². The molecule has 8 nitrogen and oxygen atoms in total. The van der Waals surface area contributed by atoms with E-state index in [1.807, 2.05) is 30.3 Å². The molecule has 3 aromatic carbocycles. The zero-order valence-electron chi connectivity index (χ0n) is 21.0. The van der Waals surface area contributed by atoms with E-state index in [2.05, 4.69) is 10.3 Å². The highest BCUT2D eigenvalue weighted by atomic mass is 19.4. The van der Waals surface area contributed by atoms with Crippen molar-refractivity contribution in [2.75, 3.05) is 0 Å². The summed E-state index contributed by atoms with van der Waals surface area (Å²) in [6.07, 6.45) is -4.05. The van der Waals surface area contributed by atoms with Gasteiger partial charge in [0, 0.05) is 11.5 Å². The minimum atomic E-state index is -4.64. The average molecular weight is 552 g/mol. The number of benzene rings is 3. The Balaban J connectivity index is 1.32. The first kappa shape index (κ1) is 27.0. The van der Waals surface area contributed by atoms with Gasteiger partial charge in [-0.15, -0.1) is 5.10 Å². The van der Waals surface area contributed by atoms with E-state index >= 15 is 0 Å². The molecule has 4 aromatic rings. The van der Waals surface area contributed by atoms with Crippen molar-refractivity contribution in [2.45, 2.75) is 32.2 Å². The second-order valence-electron chi connectivity index (χ2n) is 9.78. The average Bonchev–Trinajstić information content (AvgIpc) is 3.37. The van der Waals surface area contributed by atoms with Gasteiger partial charge in [-0.05, 0) is 66.8 Å². The van der Waals surface area contributed by atoms with Gasteiger partial charge in [0.15, 0.2) is 5.78 Å². The maximum Gasteiger partial charge on any atom is 0.416 e. The highest BCUT2D eigenvalue weighted by Gasteiger charge is 2.45. The molecule has 1 fully saturated rings. The molecular formula is C29H24F3N3O5. The summed E-state index contributed by atoms with van der Waals surface area (Å²) in [5.41, 5.74) is -0.477. The Morgan fingerprint density at radius 2 is 1.73 bits per heavy atom. The van der Waals surface area contributed by atoms with Crippen LogP contribution in [-0.2, 0) is 24.1 Å². The standard InChI is InChI=1S/C29H24F3N3O5/c30-29(31,32)20-9-13-24-23(14-20)27(37)35(34-33-24)15-19-8-12-22(25(19)28(38)39)26(36)18-6-10-21(11-7-18)40-16-17-4-2-1-3-5-17/h1-7,9-11,13-14,19,22,25H,8,12,15-16H2,(H,38,39). The minimum absolute atomic E-state index is 0.000272. The fraction of sp³-hybridized carbons (Fsp3) is 0.276. The zero-order chi connectivity index (χ0) is 28.4. The number of ether oxygens (including phenoxy) is 1. The quantitative estimate of drug-likeness (QED) is 0.307. The van der Waals surface area contributed by atoms with E-state index in [-0.39, 0.29) is 29.7 Å². The Hall–Kier alpha value is -4.54. The summed E-state index contributed by atoms with van der Waals surface area (Å²) in [5.74, 6) is -3.55. The van der Waals surface area contributed by atoms with Crippen molar-refractivity contribution in [2.24, 2.45) is 17.8 Å². The molecule has 1 N–H and O–H groups in total. The van der Waals surface area contributed by atoms with Crippen molar-refractivity contribution in [1.29, 1.82) is 0 Å². The first-order valence-corrected chi connectivity index (χ1v) is 12.6. The van der Waals surface area contributed by atoms with Gasteiger partial charge in [-0.2, -0.15) is 13.2 Å². The van der Waals surface area contributed by atoms with Crippen LogP contribution in [0.15, 0.2) is 77.6 Å².